The molecule has 2 heterocycles. The van der Waals surface area contributed by atoms with Crippen molar-refractivity contribution in [3.8, 4) is 0 Å². The summed E-state index contributed by atoms with van der Waals surface area (Å²) >= 11 is 0. The van der Waals surface area contributed by atoms with Crippen molar-refractivity contribution in [2.24, 2.45) is 0 Å². The highest BCUT2D eigenvalue weighted by atomic mass is 16.5. The average molecular weight is 224 g/mol. The molecule has 0 saturated carbocycles. The topological polar surface area (TPSA) is 54.2 Å². The molecular formula is C11H20N4O. The van der Waals surface area contributed by atoms with Crippen molar-refractivity contribution in [2.75, 3.05) is 19.6 Å². The maximum absolute atomic E-state index is 5.19. The molecule has 90 valence electrons. The molecule has 0 aliphatic carbocycles. The summed E-state index contributed by atoms with van der Waals surface area (Å²) in [4.78, 5) is 6.75. The van der Waals surface area contributed by atoms with Gasteiger partial charge in [0.25, 0.3) is 0 Å². The molecule has 5 nitrogen and oxygen atoms in total. The molecule has 0 spiro atoms. The fourth-order valence-corrected chi connectivity index (χ4v) is 1.92. The van der Waals surface area contributed by atoms with E-state index in [1.54, 1.807) is 0 Å². The van der Waals surface area contributed by atoms with Gasteiger partial charge in [0.15, 0.2) is 5.82 Å². The van der Waals surface area contributed by atoms with Crippen LogP contribution in [0.1, 0.15) is 38.4 Å². The van der Waals surface area contributed by atoms with E-state index in [0.29, 0.717) is 12.0 Å². The van der Waals surface area contributed by atoms with Crippen LogP contribution in [0.25, 0.3) is 0 Å². The molecule has 1 N–H and O–H groups in total. The van der Waals surface area contributed by atoms with Crippen molar-refractivity contribution in [3.05, 3.63) is 11.7 Å². The van der Waals surface area contributed by atoms with Gasteiger partial charge >= 0.3 is 0 Å². The molecule has 5 heteroatoms. The van der Waals surface area contributed by atoms with E-state index in [2.05, 4.69) is 41.1 Å². The van der Waals surface area contributed by atoms with Crippen LogP contribution < -0.4 is 5.32 Å². The largest absolute Gasteiger partial charge is 0.339 e. The predicted octanol–water partition coefficient (Wildman–Crippen LogP) is 0.987. The molecule has 0 aromatic carbocycles. The summed E-state index contributed by atoms with van der Waals surface area (Å²) in [5.41, 5.74) is 0. The highest BCUT2D eigenvalue weighted by Crippen LogP contribution is 2.12. The lowest BCUT2D eigenvalue weighted by Crippen LogP contribution is -2.48. The van der Waals surface area contributed by atoms with Crippen LogP contribution in [-0.4, -0.2) is 40.7 Å². The zero-order valence-corrected chi connectivity index (χ0v) is 10.2. The van der Waals surface area contributed by atoms with Crippen molar-refractivity contribution in [1.29, 1.82) is 0 Å². The Hall–Kier alpha value is -0.940. The van der Waals surface area contributed by atoms with Crippen molar-refractivity contribution >= 4 is 0 Å². The van der Waals surface area contributed by atoms with Crippen LogP contribution in [-0.2, 0) is 6.54 Å². The van der Waals surface area contributed by atoms with Crippen molar-refractivity contribution in [2.45, 2.75) is 39.3 Å². The molecule has 0 amide bonds. The molecule has 1 atom stereocenters. The van der Waals surface area contributed by atoms with E-state index in [0.717, 1.165) is 37.9 Å². The Labute approximate surface area is 96.2 Å². The number of hydrogen-bond donors (Lipinski definition) is 1. The summed E-state index contributed by atoms with van der Waals surface area (Å²) < 4.78 is 5.19. The van der Waals surface area contributed by atoms with Gasteiger partial charge in [0.1, 0.15) is 0 Å². The minimum Gasteiger partial charge on any atom is -0.339 e. The minimum absolute atomic E-state index is 0.309. The predicted molar refractivity (Wildman–Crippen MR) is 61.1 cm³/mol. The maximum Gasteiger partial charge on any atom is 0.229 e. The van der Waals surface area contributed by atoms with Gasteiger partial charge in [-0.2, -0.15) is 4.98 Å². The standard InChI is InChI=1S/C11H20N4O/c1-8(2)11-13-10(14-16-11)7-15-5-4-12-9(3)6-15/h8-9,12H,4-7H2,1-3H3/t9-/m0/s1. The van der Waals surface area contributed by atoms with E-state index in [9.17, 15) is 0 Å². The lowest BCUT2D eigenvalue weighted by atomic mass is 10.2. The summed E-state index contributed by atoms with van der Waals surface area (Å²) in [6.45, 7) is 10.2. The zero-order valence-electron chi connectivity index (χ0n) is 10.2. The third-order valence-electron chi connectivity index (χ3n) is 2.80. The number of nitrogens with one attached hydrogen (secondary N) is 1. The molecule has 1 aliphatic heterocycles. The monoisotopic (exact) mass is 224 g/mol. The number of piperazine rings is 1. The Bertz CT molecular complexity index is 336. The molecule has 1 aromatic rings. The highest BCUT2D eigenvalue weighted by Gasteiger charge is 2.18. The molecule has 1 fully saturated rings. The molecule has 1 aliphatic rings. The molecule has 0 unspecified atom stereocenters. The van der Waals surface area contributed by atoms with Crippen LogP contribution in [0.2, 0.25) is 0 Å². The highest BCUT2D eigenvalue weighted by molar-refractivity contribution is 4.91. The lowest BCUT2D eigenvalue weighted by Gasteiger charge is -2.30. The van der Waals surface area contributed by atoms with Crippen molar-refractivity contribution in [3.63, 3.8) is 0 Å². The maximum atomic E-state index is 5.19. The van der Waals surface area contributed by atoms with Gasteiger partial charge in [0, 0.05) is 31.6 Å². The Balaban J connectivity index is 1.92. The first kappa shape index (κ1) is 11.5. The summed E-state index contributed by atoms with van der Waals surface area (Å²) in [5.74, 6) is 1.85. The molecule has 2 rings (SSSR count). The first-order valence-electron chi connectivity index (χ1n) is 5.93. The first-order chi connectivity index (χ1) is 7.65. The summed E-state index contributed by atoms with van der Waals surface area (Å²) in [7, 11) is 0. The summed E-state index contributed by atoms with van der Waals surface area (Å²) in [6, 6.07) is 0.547. The van der Waals surface area contributed by atoms with E-state index in [4.69, 9.17) is 4.52 Å². The van der Waals surface area contributed by atoms with Gasteiger partial charge in [-0.15, -0.1) is 0 Å². The molecule has 16 heavy (non-hydrogen) atoms. The third kappa shape index (κ3) is 2.80. The van der Waals surface area contributed by atoms with Gasteiger partial charge in [0.2, 0.25) is 5.89 Å². The van der Waals surface area contributed by atoms with Gasteiger partial charge < -0.3 is 9.84 Å². The Morgan fingerprint density at radius 1 is 1.56 bits per heavy atom. The Kier molecular flexibility index (Phi) is 3.56. The number of hydrogen-bond acceptors (Lipinski definition) is 5. The second kappa shape index (κ2) is 4.93. The van der Waals surface area contributed by atoms with Gasteiger partial charge in [0.05, 0.1) is 6.54 Å². The zero-order chi connectivity index (χ0) is 11.5. The van der Waals surface area contributed by atoms with Crippen molar-refractivity contribution < 1.29 is 4.52 Å². The van der Waals surface area contributed by atoms with E-state index in [-0.39, 0.29) is 0 Å². The minimum atomic E-state index is 0.309. The van der Waals surface area contributed by atoms with Crippen LogP contribution in [0.3, 0.4) is 0 Å². The third-order valence-corrected chi connectivity index (χ3v) is 2.80. The normalized spacial score (nSPS) is 22.9. The van der Waals surface area contributed by atoms with Crippen LogP contribution in [0.5, 0.6) is 0 Å². The summed E-state index contributed by atoms with van der Waals surface area (Å²) in [5, 5.41) is 7.42. The van der Waals surface area contributed by atoms with Gasteiger partial charge in [-0.25, -0.2) is 0 Å². The van der Waals surface area contributed by atoms with Gasteiger partial charge in [-0.3, -0.25) is 4.90 Å². The lowest BCUT2D eigenvalue weighted by molar-refractivity contribution is 0.193. The van der Waals surface area contributed by atoms with Gasteiger partial charge in [-0.1, -0.05) is 19.0 Å². The molecule has 1 aromatic heterocycles. The fraction of sp³-hybridized carbons (Fsp3) is 0.818. The number of nitrogens with zero attached hydrogens (tertiary/aromatic N) is 3. The van der Waals surface area contributed by atoms with Crippen LogP contribution in [0, 0.1) is 0 Å². The first-order valence-corrected chi connectivity index (χ1v) is 5.93. The van der Waals surface area contributed by atoms with E-state index in [1.165, 1.54) is 0 Å². The van der Waals surface area contributed by atoms with E-state index >= 15 is 0 Å². The van der Waals surface area contributed by atoms with Crippen LogP contribution >= 0.6 is 0 Å². The average Bonchev–Trinajstić information content (AvgIpc) is 2.66. The van der Waals surface area contributed by atoms with Crippen LogP contribution in [0.4, 0.5) is 0 Å². The number of aromatic nitrogens is 2. The fourth-order valence-electron chi connectivity index (χ4n) is 1.92. The SMILES string of the molecule is CC(C)c1nc(CN2CCN[C@@H](C)C2)no1. The second-order valence-corrected chi connectivity index (χ2v) is 4.79. The molecule has 1 saturated heterocycles. The Morgan fingerprint density at radius 3 is 3.00 bits per heavy atom. The van der Waals surface area contributed by atoms with Gasteiger partial charge in [-0.05, 0) is 6.92 Å². The molecular weight excluding hydrogens is 204 g/mol. The quantitative estimate of drug-likeness (QED) is 0.829. The van der Waals surface area contributed by atoms with Crippen LogP contribution in [0.15, 0.2) is 4.52 Å². The van der Waals surface area contributed by atoms with E-state index in [1.807, 2.05) is 0 Å². The number of rotatable bonds is 3. The molecule has 0 radical (unpaired) electrons. The summed E-state index contributed by atoms with van der Waals surface area (Å²) in [6.07, 6.45) is 0. The van der Waals surface area contributed by atoms with Crippen molar-refractivity contribution in [1.82, 2.24) is 20.4 Å². The smallest absolute Gasteiger partial charge is 0.229 e. The second-order valence-electron chi connectivity index (χ2n) is 4.79. The molecule has 0 bridgehead atoms. The Morgan fingerprint density at radius 2 is 2.38 bits per heavy atom. The van der Waals surface area contributed by atoms with E-state index < -0.39 is 0 Å².